The monoisotopic (exact) mass is 348 g/mol. The lowest BCUT2D eigenvalue weighted by atomic mass is 9.96. The molecule has 5 heteroatoms. The summed E-state index contributed by atoms with van der Waals surface area (Å²) in [5, 5.41) is 1.16. The molecule has 1 unspecified atom stereocenters. The highest BCUT2D eigenvalue weighted by molar-refractivity contribution is 5.86. The van der Waals surface area contributed by atoms with Gasteiger partial charge in [0, 0.05) is 29.6 Å². The Kier molecular flexibility index (Phi) is 4.44. The number of H-pyrrole nitrogens is 1. The van der Waals surface area contributed by atoms with E-state index in [0.717, 1.165) is 34.9 Å². The minimum Gasteiger partial charge on any atom is -0.445 e. The average Bonchev–Trinajstić information content (AvgIpc) is 3.06. The number of nitrogens with one attached hydrogen (secondary N) is 1. The molecule has 3 aromatic rings. The van der Waals surface area contributed by atoms with E-state index in [1.807, 2.05) is 48.5 Å². The van der Waals surface area contributed by atoms with Gasteiger partial charge in [-0.2, -0.15) is 0 Å². The van der Waals surface area contributed by atoms with Crippen LogP contribution < -0.4 is 0 Å². The van der Waals surface area contributed by atoms with Crippen molar-refractivity contribution in [3.8, 4) is 0 Å². The number of amides is 1. The Labute approximate surface area is 151 Å². The van der Waals surface area contributed by atoms with Gasteiger partial charge in [-0.1, -0.05) is 48.5 Å². The molecular formula is C21H20N2O3. The van der Waals surface area contributed by atoms with E-state index in [9.17, 15) is 9.59 Å². The standard InChI is InChI=1S/C21H20N2O3/c24-13-11-19-20-17(16-8-4-5-9-18(16)22-20)10-12-23(19)21(25)26-14-15-6-2-1-3-7-15/h1-9,13,19,22H,10-12,14H2. The van der Waals surface area contributed by atoms with Crippen LogP contribution in [0.5, 0.6) is 0 Å². The number of carbonyl (C=O) groups excluding carboxylic acids is 2. The zero-order chi connectivity index (χ0) is 17.9. The summed E-state index contributed by atoms with van der Waals surface area (Å²) < 4.78 is 5.49. The number of fused-ring (bicyclic) bond motifs is 3. The first-order chi connectivity index (χ1) is 12.8. The van der Waals surface area contributed by atoms with Gasteiger partial charge < -0.3 is 14.5 Å². The summed E-state index contributed by atoms with van der Waals surface area (Å²) >= 11 is 0. The maximum absolute atomic E-state index is 12.7. The molecule has 0 spiro atoms. The van der Waals surface area contributed by atoms with Crippen LogP contribution in [0, 0.1) is 0 Å². The molecule has 1 atom stereocenters. The van der Waals surface area contributed by atoms with Crippen LogP contribution in [0.25, 0.3) is 10.9 Å². The average molecular weight is 348 g/mol. The molecule has 1 aromatic heterocycles. The molecule has 0 fully saturated rings. The van der Waals surface area contributed by atoms with E-state index in [2.05, 4.69) is 11.1 Å². The molecule has 4 rings (SSSR count). The van der Waals surface area contributed by atoms with Gasteiger partial charge in [0.05, 0.1) is 6.04 Å². The van der Waals surface area contributed by atoms with E-state index < -0.39 is 0 Å². The zero-order valence-corrected chi connectivity index (χ0v) is 14.4. The van der Waals surface area contributed by atoms with Gasteiger partial charge in [0.1, 0.15) is 12.9 Å². The first-order valence-electron chi connectivity index (χ1n) is 8.78. The predicted molar refractivity (Wildman–Crippen MR) is 98.8 cm³/mol. The van der Waals surface area contributed by atoms with Gasteiger partial charge in [0.25, 0.3) is 0 Å². The van der Waals surface area contributed by atoms with Crippen LogP contribution in [-0.2, 0) is 22.6 Å². The van der Waals surface area contributed by atoms with Crippen LogP contribution in [0.3, 0.4) is 0 Å². The van der Waals surface area contributed by atoms with Gasteiger partial charge in [0.2, 0.25) is 0 Å². The van der Waals surface area contributed by atoms with Crippen LogP contribution >= 0.6 is 0 Å². The van der Waals surface area contributed by atoms with Crippen LogP contribution in [0.1, 0.15) is 29.3 Å². The van der Waals surface area contributed by atoms with Crippen molar-refractivity contribution in [3.63, 3.8) is 0 Å². The summed E-state index contributed by atoms with van der Waals surface area (Å²) in [6.07, 6.45) is 1.48. The fourth-order valence-corrected chi connectivity index (χ4v) is 3.68. The molecule has 1 N–H and O–H groups in total. The van der Waals surface area contributed by atoms with E-state index in [1.165, 1.54) is 5.56 Å². The predicted octanol–water partition coefficient (Wildman–Crippen LogP) is 3.99. The lowest BCUT2D eigenvalue weighted by Gasteiger charge is -2.34. The van der Waals surface area contributed by atoms with Gasteiger partial charge in [-0.15, -0.1) is 0 Å². The molecule has 0 aliphatic carbocycles. The molecule has 2 heterocycles. The lowest BCUT2D eigenvalue weighted by molar-refractivity contribution is -0.108. The summed E-state index contributed by atoms with van der Waals surface area (Å²) in [7, 11) is 0. The molecule has 5 nitrogen and oxygen atoms in total. The van der Waals surface area contributed by atoms with Crippen molar-refractivity contribution in [3.05, 3.63) is 71.4 Å². The third-order valence-electron chi connectivity index (χ3n) is 4.92. The Bertz CT molecular complexity index is 933. The number of nitrogens with zero attached hydrogens (tertiary/aromatic N) is 1. The van der Waals surface area contributed by atoms with Crippen LogP contribution in [-0.4, -0.2) is 28.8 Å². The van der Waals surface area contributed by atoms with Gasteiger partial charge >= 0.3 is 6.09 Å². The fourth-order valence-electron chi connectivity index (χ4n) is 3.68. The molecule has 1 amide bonds. The number of carbonyl (C=O) groups is 2. The molecule has 0 radical (unpaired) electrons. The van der Waals surface area contributed by atoms with Crippen molar-refractivity contribution in [2.24, 2.45) is 0 Å². The van der Waals surface area contributed by atoms with Crippen molar-refractivity contribution in [1.82, 2.24) is 9.88 Å². The van der Waals surface area contributed by atoms with Crippen molar-refractivity contribution < 1.29 is 14.3 Å². The molecule has 0 saturated heterocycles. The van der Waals surface area contributed by atoms with Gasteiger partial charge in [0.15, 0.2) is 0 Å². The van der Waals surface area contributed by atoms with E-state index in [4.69, 9.17) is 4.74 Å². The van der Waals surface area contributed by atoms with Gasteiger partial charge in [-0.25, -0.2) is 4.79 Å². The number of aldehydes is 1. The molecule has 2 aromatic carbocycles. The first-order valence-corrected chi connectivity index (χ1v) is 8.78. The minimum atomic E-state index is -0.384. The molecule has 0 bridgehead atoms. The minimum absolute atomic E-state index is 0.226. The maximum Gasteiger partial charge on any atom is 0.410 e. The summed E-state index contributed by atoms with van der Waals surface area (Å²) in [6.45, 7) is 0.768. The van der Waals surface area contributed by atoms with E-state index in [0.29, 0.717) is 6.54 Å². The smallest absolute Gasteiger partial charge is 0.410 e. The summed E-state index contributed by atoms with van der Waals surface area (Å²) in [6, 6.07) is 17.3. The third-order valence-corrected chi connectivity index (χ3v) is 4.92. The number of hydrogen-bond donors (Lipinski definition) is 1. The molecule has 1 aliphatic rings. The number of ether oxygens (including phenoxy) is 1. The largest absolute Gasteiger partial charge is 0.445 e. The van der Waals surface area contributed by atoms with Gasteiger partial charge in [-0.3, -0.25) is 4.90 Å². The highest BCUT2D eigenvalue weighted by atomic mass is 16.6. The summed E-state index contributed by atoms with van der Waals surface area (Å²) in [5.41, 5.74) is 4.12. The second-order valence-electron chi connectivity index (χ2n) is 6.46. The second-order valence-corrected chi connectivity index (χ2v) is 6.46. The lowest BCUT2D eigenvalue weighted by Crippen LogP contribution is -2.40. The van der Waals surface area contributed by atoms with Crippen molar-refractivity contribution >= 4 is 23.3 Å². The SMILES string of the molecule is O=CCC1c2[nH]c3ccccc3c2CCN1C(=O)OCc1ccccc1. The Hall–Kier alpha value is -3.08. The normalized spacial score (nSPS) is 16.3. The Balaban J connectivity index is 1.58. The van der Waals surface area contributed by atoms with Crippen molar-refractivity contribution in [1.29, 1.82) is 0 Å². The molecular weight excluding hydrogens is 328 g/mol. The summed E-state index contributed by atoms with van der Waals surface area (Å²) in [5.74, 6) is 0. The maximum atomic E-state index is 12.7. The van der Waals surface area contributed by atoms with E-state index in [1.54, 1.807) is 4.90 Å². The second kappa shape index (κ2) is 7.04. The van der Waals surface area contributed by atoms with Crippen molar-refractivity contribution in [2.45, 2.75) is 25.5 Å². The Morgan fingerprint density at radius 2 is 1.92 bits per heavy atom. The van der Waals surface area contributed by atoms with E-state index in [-0.39, 0.29) is 25.2 Å². The van der Waals surface area contributed by atoms with Crippen LogP contribution in [0.15, 0.2) is 54.6 Å². The van der Waals surface area contributed by atoms with Crippen LogP contribution in [0.4, 0.5) is 4.79 Å². The van der Waals surface area contributed by atoms with Crippen molar-refractivity contribution in [2.75, 3.05) is 6.54 Å². The Morgan fingerprint density at radius 3 is 2.73 bits per heavy atom. The number of aromatic nitrogens is 1. The number of benzene rings is 2. The fraction of sp³-hybridized carbons (Fsp3) is 0.238. The summed E-state index contributed by atoms with van der Waals surface area (Å²) in [4.78, 5) is 29.0. The molecule has 1 aliphatic heterocycles. The van der Waals surface area contributed by atoms with Gasteiger partial charge in [-0.05, 0) is 23.6 Å². The molecule has 132 valence electrons. The Morgan fingerprint density at radius 1 is 1.15 bits per heavy atom. The topological polar surface area (TPSA) is 62.4 Å². The van der Waals surface area contributed by atoms with Crippen LogP contribution in [0.2, 0.25) is 0 Å². The number of aromatic amines is 1. The quantitative estimate of drug-likeness (QED) is 0.725. The highest BCUT2D eigenvalue weighted by Gasteiger charge is 2.33. The first kappa shape index (κ1) is 16.4. The molecule has 26 heavy (non-hydrogen) atoms. The zero-order valence-electron chi connectivity index (χ0n) is 14.4. The number of para-hydroxylation sites is 1. The molecule has 0 saturated carbocycles. The number of rotatable bonds is 4. The highest BCUT2D eigenvalue weighted by Crippen LogP contribution is 2.36. The van der Waals surface area contributed by atoms with E-state index >= 15 is 0 Å². The number of hydrogen-bond acceptors (Lipinski definition) is 3. The third kappa shape index (κ3) is 2.96.